The van der Waals surface area contributed by atoms with Gasteiger partial charge in [-0.25, -0.2) is 4.39 Å². The fourth-order valence-corrected chi connectivity index (χ4v) is 10.2. The first kappa shape index (κ1) is 34.9. The molecule has 2 unspecified atom stereocenters. The van der Waals surface area contributed by atoms with Gasteiger partial charge in [-0.2, -0.15) is 11.8 Å². The van der Waals surface area contributed by atoms with Gasteiger partial charge in [-0.05, 0) is 75.5 Å². The normalized spacial score (nSPS) is 38.1. The van der Waals surface area contributed by atoms with E-state index < -0.39 is 63.8 Å². The van der Waals surface area contributed by atoms with E-state index in [-0.39, 0.29) is 29.5 Å². The number of carbonyl (C=O) groups excluding carboxylic acids is 5. The molecule has 0 aromatic carbocycles. The van der Waals surface area contributed by atoms with Crippen LogP contribution in [0.25, 0.3) is 0 Å². The van der Waals surface area contributed by atoms with Gasteiger partial charge < -0.3 is 15.2 Å². The van der Waals surface area contributed by atoms with Crippen molar-refractivity contribution in [2.24, 2.45) is 28.6 Å². The number of hydrogen-bond donors (Lipinski definition) is 2. The first-order valence-corrected chi connectivity index (χ1v) is 18.1. The molecule has 0 aliphatic heterocycles. The molecular formula is C33H46FNO7S2. The number of unbranched alkanes of at least 4 members (excludes halogenated alkanes) is 1. The van der Waals surface area contributed by atoms with E-state index in [1.54, 1.807) is 13.0 Å². The largest absolute Gasteiger partial charge is 0.450 e. The predicted octanol–water partition coefficient (Wildman–Crippen LogP) is 4.77. The molecule has 11 heteroatoms. The van der Waals surface area contributed by atoms with Crippen LogP contribution in [0.4, 0.5) is 4.39 Å². The third-order valence-electron chi connectivity index (χ3n) is 11.1. The molecule has 3 saturated carbocycles. The lowest BCUT2D eigenvalue weighted by atomic mass is 9.44. The van der Waals surface area contributed by atoms with E-state index in [4.69, 9.17) is 4.74 Å². The highest BCUT2D eigenvalue weighted by molar-refractivity contribution is 8.14. The molecule has 0 spiro atoms. The summed E-state index contributed by atoms with van der Waals surface area (Å²) in [6.45, 7) is 7.37. The van der Waals surface area contributed by atoms with Crippen LogP contribution in [0.3, 0.4) is 0 Å². The molecule has 4 aliphatic carbocycles. The van der Waals surface area contributed by atoms with Crippen LogP contribution in [0.5, 0.6) is 0 Å². The number of allylic oxidation sites excluding steroid dienone is 4. The zero-order chi connectivity index (χ0) is 32.5. The Hall–Kier alpha value is -1.98. The number of Topliss-reactive ketones (excluding diaryl/α,β-unsaturated/α-hetero) is 1. The van der Waals surface area contributed by atoms with Gasteiger partial charge in [0.05, 0.1) is 17.9 Å². The lowest BCUT2D eigenvalue weighted by Gasteiger charge is -2.62. The first-order chi connectivity index (χ1) is 20.8. The highest BCUT2D eigenvalue weighted by Gasteiger charge is 2.77. The summed E-state index contributed by atoms with van der Waals surface area (Å²) >= 11 is 2.33. The minimum Gasteiger partial charge on any atom is -0.450 e. The number of esters is 1. The second kappa shape index (κ2) is 13.4. The number of ether oxygens (including phenoxy) is 1. The molecule has 8 nitrogen and oxygen atoms in total. The zero-order valence-electron chi connectivity index (χ0n) is 26.4. The Bertz CT molecular complexity index is 1240. The average molecular weight is 652 g/mol. The summed E-state index contributed by atoms with van der Waals surface area (Å²) in [5, 5.41) is 14.0. The Balaban J connectivity index is 1.71. The van der Waals surface area contributed by atoms with Crippen molar-refractivity contribution in [1.82, 2.24) is 5.32 Å². The van der Waals surface area contributed by atoms with Crippen LogP contribution in [-0.2, 0) is 28.7 Å². The average Bonchev–Trinajstić information content (AvgIpc) is 3.20. The fraction of sp³-hybridized carbons (Fsp3) is 0.727. The van der Waals surface area contributed by atoms with Gasteiger partial charge in [0, 0.05) is 29.1 Å². The summed E-state index contributed by atoms with van der Waals surface area (Å²) in [5.41, 5.74) is -5.36. The van der Waals surface area contributed by atoms with E-state index in [0.29, 0.717) is 49.8 Å². The summed E-state index contributed by atoms with van der Waals surface area (Å²) in [7, 11) is 0. The number of hydrogen-bond acceptors (Lipinski definition) is 9. The van der Waals surface area contributed by atoms with Crippen LogP contribution in [0.1, 0.15) is 79.1 Å². The Morgan fingerprint density at radius 1 is 1.27 bits per heavy atom. The second-order valence-electron chi connectivity index (χ2n) is 13.4. The van der Waals surface area contributed by atoms with Gasteiger partial charge in [0.1, 0.15) is 0 Å². The van der Waals surface area contributed by atoms with Gasteiger partial charge in [0.15, 0.2) is 22.8 Å². The number of alkyl halides is 1. The number of nitrogens with one attached hydrogen (secondary N) is 1. The number of aliphatic hydroxyl groups is 1. The number of halogens is 1. The van der Waals surface area contributed by atoms with Crippen molar-refractivity contribution >= 4 is 52.6 Å². The van der Waals surface area contributed by atoms with Crippen LogP contribution in [-0.4, -0.2) is 75.3 Å². The van der Waals surface area contributed by atoms with E-state index >= 15 is 4.39 Å². The molecule has 0 aromatic rings. The van der Waals surface area contributed by atoms with Crippen molar-refractivity contribution in [3.05, 3.63) is 23.8 Å². The predicted molar refractivity (Wildman–Crippen MR) is 170 cm³/mol. The van der Waals surface area contributed by atoms with Crippen molar-refractivity contribution in [3.63, 3.8) is 0 Å². The first-order valence-electron chi connectivity index (χ1n) is 15.7. The quantitative estimate of drug-likeness (QED) is 0.214. The van der Waals surface area contributed by atoms with E-state index in [2.05, 4.69) is 5.32 Å². The Labute approximate surface area is 268 Å². The van der Waals surface area contributed by atoms with Crippen molar-refractivity contribution in [2.75, 3.05) is 17.8 Å². The molecule has 0 radical (unpaired) electrons. The number of rotatable bonds is 13. The molecular weight excluding hydrogens is 605 g/mol. The molecule has 0 aromatic heterocycles. The Kier molecular flexibility index (Phi) is 10.6. The van der Waals surface area contributed by atoms with E-state index in [0.717, 1.165) is 18.2 Å². The molecule has 44 heavy (non-hydrogen) atoms. The summed E-state index contributed by atoms with van der Waals surface area (Å²) in [6.07, 6.45) is 8.36. The molecule has 4 rings (SSSR count). The summed E-state index contributed by atoms with van der Waals surface area (Å²) < 4.78 is 23.9. The molecule has 0 saturated heterocycles. The van der Waals surface area contributed by atoms with Crippen LogP contribution < -0.4 is 5.32 Å². The van der Waals surface area contributed by atoms with Crippen LogP contribution >= 0.6 is 23.5 Å². The zero-order valence-corrected chi connectivity index (χ0v) is 28.0. The highest BCUT2D eigenvalue weighted by Crippen LogP contribution is 2.71. The highest BCUT2D eigenvalue weighted by atomic mass is 32.2. The number of ketones is 2. The summed E-state index contributed by atoms with van der Waals surface area (Å²) in [6, 6.07) is -0.755. The molecule has 2 N–H and O–H groups in total. The standard InChI is InChI=1S/C33H46FNO7S2/c1-6-7-8-28(40)42-33(27(39)18-44-29(41)25(35-19-36)12-14-43-5)20(2)15-24-23-10-9-21-16-22(37)11-13-30(21,3)32(23,34)26(38)17-31(24,33)4/h11,13,16,19-20,23-26,38H,6-10,12,14-15,17-18H2,1-5H3,(H,35,36)/t20-,23-,24-,25?,26-,30-,31-,32?,33-/m0/s1. The van der Waals surface area contributed by atoms with Gasteiger partial charge in [0.25, 0.3) is 0 Å². The monoisotopic (exact) mass is 651 g/mol. The van der Waals surface area contributed by atoms with E-state index in [9.17, 15) is 29.1 Å². The Morgan fingerprint density at radius 3 is 2.66 bits per heavy atom. The number of aliphatic hydroxyl groups excluding tert-OH is 1. The summed E-state index contributed by atoms with van der Waals surface area (Å²) in [4.78, 5) is 64.2. The lowest BCUT2D eigenvalue weighted by molar-refractivity contribution is -0.227. The van der Waals surface area contributed by atoms with Crippen LogP contribution in [0.2, 0.25) is 0 Å². The molecule has 244 valence electrons. The minimum absolute atomic E-state index is 0.117. The van der Waals surface area contributed by atoms with Gasteiger partial charge in [-0.1, -0.05) is 50.6 Å². The molecule has 1 amide bonds. The molecule has 4 aliphatic rings. The number of thioether (sulfide) groups is 2. The second-order valence-corrected chi connectivity index (χ2v) is 15.3. The maximum atomic E-state index is 17.7. The number of carbonyl (C=O) groups is 5. The molecule has 3 fully saturated rings. The maximum absolute atomic E-state index is 17.7. The SMILES string of the molecule is CCCCC(=O)O[C@]1(C(=O)CSC(=O)C(CCSC)NC=O)[C@@H](C)C[C@H]2[C@@H]3CCC4=CC(=O)C=C[C@]4(C)C3(F)[C@@H](O)C[C@@]21C. The van der Waals surface area contributed by atoms with E-state index in [1.807, 2.05) is 27.0 Å². The van der Waals surface area contributed by atoms with Gasteiger partial charge in [-0.15, -0.1) is 0 Å². The number of fused-ring (bicyclic) bond motifs is 5. The van der Waals surface area contributed by atoms with E-state index in [1.165, 1.54) is 23.9 Å². The van der Waals surface area contributed by atoms with Gasteiger partial charge in [0.2, 0.25) is 11.5 Å². The smallest absolute Gasteiger partial charge is 0.306 e. The Morgan fingerprint density at radius 2 is 2.00 bits per heavy atom. The molecule has 0 bridgehead atoms. The third kappa shape index (κ3) is 5.52. The van der Waals surface area contributed by atoms with Crippen molar-refractivity contribution in [3.8, 4) is 0 Å². The third-order valence-corrected chi connectivity index (χ3v) is 12.7. The lowest BCUT2D eigenvalue weighted by Crippen LogP contribution is -2.70. The van der Waals surface area contributed by atoms with Crippen LogP contribution in [0.15, 0.2) is 23.8 Å². The minimum atomic E-state index is -2.08. The molecule has 9 atom stereocenters. The fourth-order valence-electron chi connectivity index (χ4n) is 8.88. The van der Waals surface area contributed by atoms with Gasteiger partial charge >= 0.3 is 5.97 Å². The molecule has 0 heterocycles. The summed E-state index contributed by atoms with van der Waals surface area (Å²) in [5.74, 6) is -2.32. The van der Waals surface area contributed by atoms with Crippen molar-refractivity contribution in [1.29, 1.82) is 0 Å². The van der Waals surface area contributed by atoms with Crippen molar-refractivity contribution in [2.45, 2.75) is 102 Å². The topological polar surface area (TPSA) is 127 Å². The van der Waals surface area contributed by atoms with Crippen LogP contribution in [0, 0.1) is 28.6 Å². The maximum Gasteiger partial charge on any atom is 0.306 e. The van der Waals surface area contributed by atoms with Gasteiger partial charge in [-0.3, -0.25) is 24.0 Å². The number of amides is 1. The van der Waals surface area contributed by atoms with Crippen molar-refractivity contribution < 1.29 is 38.2 Å².